The van der Waals surface area contributed by atoms with Crippen LogP contribution in [0.2, 0.25) is 5.02 Å². The Labute approximate surface area is 215 Å². The summed E-state index contributed by atoms with van der Waals surface area (Å²) in [5, 5.41) is 14.3. The normalized spacial score (nSPS) is 21.5. The molecule has 36 heavy (non-hydrogen) atoms. The Hall–Kier alpha value is -2.87. The van der Waals surface area contributed by atoms with Crippen LogP contribution in [-0.4, -0.2) is 36.5 Å². The SMILES string of the molecule is CC(C)(C)OC(=O)N1Cc2cc(Cl)ccc2-n2c(nnc2C2CCC(c3noc4c3CCC4)CC2)C1. The zero-order valence-electron chi connectivity index (χ0n) is 21.1. The average Bonchev–Trinajstić information content (AvgIpc) is 3.52. The minimum atomic E-state index is -0.581. The summed E-state index contributed by atoms with van der Waals surface area (Å²) in [7, 11) is 0. The zero-order chi connectivity index (χ0) is 25.0. The van der Waals surface area contributed by atoms with Crippen molar-refractivity contribution >= 4 is 17.7 Å². The highest BCUT2D eigenvalue weighted by Crippen LogP contribution is 2.43. The first-order valence-corrected chi connectivity index (χ1v) is 13.3. The topological polar surface area (TPSA) is 86.3 Å². The number of ether oxygens (including phenoxy) is 1. The molecule has 0 N–H and O–H groups in total. The Morgan fingerprint density at radius 1 is 1.08 bits per heavy atom. The second-order valence-electron chi connectivity index (χ2n) is 11.3. The molecule has 0 bridgehead atoms. The van der Waals surface area contributed by atoms with Crippen molar-refractivity contribution in [2.24, 2.45) is 0 Å². The second-order valence-corrected chi connectivity index (χ2v) is 11.7. The monoisotopic (exact) mass is 509 g/mol. The third kappa shape index (κ3) is 4.29. The van der Waals surface area contributed by atoms with E-state index in [0.717, 1.165) is 67.2 Å². The quantitative estimate of drug-likeness (QED) is 0.415. The molecule has 0 saturated heterocycles. The first-order valence-electron chi connectivity index (χ1n) is 12.9. The molecule has 8 nitrogen and oxygen atoms in total. The highest BCUT2D eigenvalue weighted by atomic mass is 35.5. The second kappa shape index (κ2) is 8.91. The molecule has 1 amide bonds. The number of nitrogens with zero attached hydrogens (tertiary/aromatic N) is 5. The van der Waals surface area contributed by atoms with Gasteiger partial charge < -0.3 is 9.26 Å². The lowest BCUT2D eigenvalue weighted by molar-refractivity contribution is 0.0214. The molecule has 0 atom stereocenters. The Kier molecular flexibility index (Phi) is 5.82. The van der Waals surface area contributed by atoms with E-state index in [1.807, 2.05) is 39.0 Å². The number of hydrogen-bond acceptors (Lipinski definition) is 6. The number of rotatable bonds is 2. The predicted molar refractivity (Wildman–Crippen MR) is 134 cm³/mol. The standard InChI is InChI=1S/C27H32ClN5O3/c1-27(2,3)35-26(34)32-14-18-13-19(28)11-12-21(18)33-23(15-32)29-30-25(33)17-9-7-16(8-10-17)24-20-5-4-6-22(20)36-31-24/h11-13,16-17H,4-10,14-15H2,1-3H3. The van der Waals surface area contributed by atoms with Gasteiger partial charge in [0.15, 0.2) is 5.82 Å². The molecule has 0 radical (unpaired) electrons. The molecular formula is C27H32ClN5O3. The molecule has 1 aromatic carbocycles. The van der Waals surface area contributed by atoms with Gasteiger partial charge in [0.05, 0.1) is 24.5 Å². The fourth-order valence-electron chi connectivity index (χ4n) is 5.94. The van der Waals surface area contributed by atoms with Gasteiger partial charge in [-0.15, -0.1) is 10.2 Å². The largest absolute Gasteiger partial charge is 0.444 e. The van der Waals surface area contributed by atoms with Crippen LogP contribution in [0.15, 0.2) is 22.7 Å². The van der Waals surface area contributed by atoms with Crippen LogP contribution in [0.3, 0.4) is 0 Å². The lowest BCUT2D eigenvalue weighted by atomic mass is 9.79. The van der Waals surface area contributed by atoms with Crippen LogP contribution < -0.4 is 0 Å². The van der Waals surface area contributed by atoms with Gasteiger partial charge in [-0.3, -0.25) is 9.47 Å². The Morgan fingerprint density at radius 2 is 1.86 bits per heavy atom. The van der Waals surface area contributed by atoms with Crippen molar-refractivity contribution in [1.82, 2.24) is 24.8 Å². The van der Waals surface area contributed by atoms with Gasteiger partial charge in [-0.2, -0.15) is 0 Å². The van der Waals surface area contributed by atoms with E-state index in [4.69, 9.17) is 20.9 Å². The van der Waals surface area contributed by atoms with Crippen LogP contribution in [0, 0.1) is 0 Å². The maximum Gasteiger partial charge on any atom is 0.411 e. The molecule has 3 aromatic rings. The third-order valence-corrected chi connectivity index (χ3v) is 7.83. The van der Waals surface area contributed by atoms with E-state index in [0.29, 0.717) is 29.9 Å². The third-order valence-electron chi connectivity index (χ3n) is 7.59. The van der Waals surface area contributed by atoms with Gasteiger partial charge in [0.2, 0.25) is 0 Å². The number of hydrogen-bond donors (Lipinski definition) is 0. The average molecular weight is 510 g/mol. The molecule has 0 unspecified atom stereocenters. The highest BCUT2D eigenvalue weighted by Gasteiger charge is 2.35. The summed E-state index contributed by atoms with van der Waals surface area (Å²) in [4.78, 5) is 14.7. The number of carbonyl (C=O) groups excluding carboxylic acids is 1. The number of aryl methyl sites for hydroxylation is 1. The lowest BCUT2D eigenvalue weighted by Gasteiger charge is -2.27. The molecule has 3 heterocycles. The first-order chi connectivity index (χ1) is 17.3. The van der Waals surface area contributed by atoms with Gasteiger partial charge in [0.1, 0.15) is 17.2 Å². The minimum absolute atomic E-state index is 0.291. The highest BCUT2D eigenvalue weighted by molar-refractivity contribution is 6.30. The summed E-state index contributed by atoms with van der Waals surface area (Å²) in [6.07, 6.45) is 7.08. The number of fused-ring (bicyclic) bond motifs is 4. The molecule has 6 rings (SSSR count). The van der Waals surface area contributed by atoms with Gasteiger partial charge in [-0.1, -0.05) is 16.8 Å². The zero-order valence-corrected chi connectivity index (χ0v) is 21.8. The van der Waals surface area contributed by atoms with Crippen LogP contribution in [0.4, 0.5) is 4.79 Å². The van der Waals surface area contributed by atoms with Gasteiger partial charge in [0, 0.05) is 28.8 Å². The van der Waals surface area contributed by atoms with Crippen molar-refractivity contribution in [3.8, 4) is 5.69 Å². The maximum absolute atomic E-state index is 13.0. The molecule has 190 valence electrons. The summed E-state index contributed by atoms with van der Waals surface area (Å²) >= 11 is 6.37. The Morgan fingerprint density at radius 3 is 2.64 bits per heavy atom. The fourth-order valence-corrected chi connectivity index (χ4v) is 6.13. The Bertz CT molecular complexity index is 1300. The number of halogens is 1. The van der Waals surface area contributed by atoms with Crippen LogP contribution in [-0.2, 0) is 30.7 Å². The number of carbonyl (C=O) groups is 1. The van der Waals surface area contributed by atoms with Crippen molar-refractivity contribution in [2.45, 2.75) is 96.2 Å². The summed E-state index contributed by atoms with van der Waals surface area (Å²) in [6, 6.07) is 5.82. The van der Waals surface area contributed by atoms with Crippen LogP contribution in [0.25, 0.3) is 5.69 Å². The van der Waals surface area contributed by atoms with Crippen LogP contribution in [0.1, 0.15) is 98.9 Å². The molecule has 0 spiro atoms. The first kappa shape index (κ1) is 23.5. The molecule has 9 heteroatoms. The van der Waals surface area contributed by atoms with E-state index in [1.54, 1.807) is 4.90 Å². The van der Waals surface area contributed by atoms with Crippen molar-refractivity contribution in [2.75, 3.05) is 0 Å². The lowest BCUT2D eigenvalue weighted by Crippen LogP contribution is -2.35. The van der Waals surface area contributed by atoms with Crippen molar-refractivity contribution < 1.29 is 14.1 Å². The van der Waals surface area contributed by atoms with E-state index in [-0.39, 0.29) is 6.09 Å². The van der Waals surface area contributed by atoms with Gasteiger partial charge in [-0.25, -0.2) is 4.79 Å². The molecule has 3 aliphatic rings. The van der Waals surface area contributed by atoms with Gasteiger partial charge in [-0.05, 0) is 83.1 Å². The summed E-state index contributed by atoms with van der Waals surface area (Å²) in [5.74, 6) is 3.54. The number of benzene rings is 1. The van der Waals surface area contributed by atoms with Crippen molar-refractivity contribution in [1.29, 1.82) is 0 Å². The van der Waals surface area contributed by atoms with Gasteiger partial charge in [0.25, 0.3) is 0 Å². The summed E-state index contributed by atoms with van der Waals surface area (Å²) in [6.45, 7) is 6.35. The molecule has 1 fully saturated rings. The predicted octanol–water partition coefficient (Wildman–Crippen LogP) is 6.09. The van der Waals surface area contributed by atoms with Crippen LogP contribution >= 0.6 is 11.6 Å². The van der Waals surface area contributed by atoms with E-state index in [1.165, 1.54) is 17.7 Å². The molecule has 2 aromatic heterocycles. The minimum Gasteiger partial charge on any atom is -0.444 e. The molecule has 1 aliphatic heterocycles. The summed E-state index contributed by atoms with van der Waals surface area (Å²) in [5.41, 5.74) is 3.91. The fraction of sp³-hybridized carbons (Fsp3) is 0.556. The van der Waals surface area contributed by atoms with E-state index in [2.05, 4.69) is 19.9 Å². The van der Waals surface area contributed by atoms with Crippen molar-refractivity contribution in [3.05, 3.63) is 57.5 Å². The van der Waals surface area contributed by atoms with E-state index >= 15 is 0 Å². The molecule has 2 aliphatic carbocycles. The molecule has 1 saturated carbocycles. The maximum atomic E-state index is 13.0. The van der Waals surface area contributed by atoms with E-state index in [9.17, 15) is 4.79 Å². The van der Waals surface area contributed by atoms with Crippen LogP contribution in [0.5, 0.6) is 0 Å². The van der Waals surface area contributed by atoms with Crippen molar-refractivity contribution in [3.63, 3.8) is 0 Å². The van der Waals surface area contributed by atoms with E-state index < -0.39 is 5.60 Å². The Balaban J connectivity index is 1.28. The molecular weight excluding hydrogens is 478 g/mol. The smallest absolute Gasteiger partial charge is 0.411 e. The number of amides is 1. The summed E-state index contributed by atoms with van der Waals surface area (Å²) < 4.78 is 13.5. The van der Waals surface area contributed by atoms with Gasteiger partial charge >= 0.3 is 6.09 Å². The number of aromatic nitrogens is 4.